The SMILES string of the molecule is Cc1ccc(O)cc1.Cc1ccc(O)cc1.Cc1ccc(O)cc1.[Cl][Mo][Cl]. The summed E-state index contributed by atoms with van der Waals surface area (Å²) in [6.07, 6.45) is 0. The van der Waals surface area contributed by atoms with Gasteiger partial charge in [0.1, 0.15) is 17.2 Å². The molecule has 3 rings (SSSR count). The molecule has 146 valence electrons. The summed E-state index contributed by atoms with van der Waals surface area (Å²) in [5.41, 5.74) is 3.51. The van der Waals surface area contributed by atoms with Crippen LogP contribution >= 0.6 is 18.8 Å². The van der Waals surface area contributed by atoms with Gasteiger partial charge in [-0.1, -0.05) is 53.1 Å². The minimum atomic E-state index is -0.586. The molecular formula is C21H24Cl2MoO3. The molecular weight excluding hydrogens is 467 g/mol. The summed E-state index contributed by atoms with van der Waals surface area (Å²) in [6, 6.07) is 21.3. The van der Waals surface area contributed by atoms with Crippen molar-refractivity contribution in [2.45, 2.75) is 20.8 Å². The zero-order valence-corrected chi connectivity index (χ0v) is 19.0. The Hall–Kier alpha value is -1.67. The van der Waals surface area contributed by atoms with Gasteiger partial charge in [0.15, 0.2) is 0 Å². The van der Waals surface area contributed by atoms with Crippen LogP contribution in [0.5, 0.6) is 17.2 Å². The molecule has 3 N–H and O–H groups in total. The first-order valence-electron chi connectivity index (χ1n) is 7.94. The Kier molecular flexibility index (Phi) is 14.4. The van der Waals surface area contributed by atoms with Gasteiger partial charge in [-0.2, -0.15) is 0 Å². The predicted molar refractivity (Wildman–Crippen MR) is 110 cm³/mol. The Morgan fingerprint density at radius 2 is 0.630 bits per heavy atom. The molecule has 0 aliphatic rings. The second-order valence-electron chi connectivity index (χ2n) is 5.56. The third kappa shape index (κ3) is 15.1. The van der Waals surface area contributed by atoms with Gasteiger partial charge in [-0.25, -0.2) is 0 Å². The van der Waals surface area contributed by atoms with E-state index in [4.69, 9.17) is 34.2 Å². The first-order valence-corrected chi connectivity index (χ1v) is 13.1. The van der Waals surface area contributed by atoms with Crippen molar-refractivity contribution in [1.82, 2.24) is 0 Å². The fraction of sp³-hybridized carbons (Fsp3) is 0.143. The molecule has 0 heterocycles. The normalized spacial score (nSPS) is 8.78. The number of halogens is 2. The van der Waals surface area contributed by atoms with Crippen LogP contribution in [0.4, 0.5) is 0 Å². The Balaban J connectivity index is 0.000000350. The van der Waals surface area contributed by atoms with Crippen LogP contribution in [0.15, 0.2) is 72.8 Å². The van der Waals surface area contributed by atoms with E-state index < -0.39 is 16.5 Å². The van der Waals surface area contributed by atoms with Gasteiger partial charge < -0.3 is 15.3 Å². The van der Waals surface area contributed by atoms with Crippen LogP contribution in [0.3, 0.4) is 0 Å². The van der Waals surface area contributed by atoms with E-state index in [9.17, 15) is 0 Å². The standard InChI is InChI=1S/3C7H8O.2ClH.Mo/c3*1-6-2-4-7(8)5-3-6;;;/h3*2-5,8H,1H3;2*1H;/q;;;;;+2/p-2. The average molecular weight is 491 g/mol. The molecule has 0 saturated heterocycles. The van der Waals surface area contributed by atoms with E-state index >= 15 is 0 Å². The van der Waals surface area contributed by atoms with Gasteiger partial charge in [0.2, 0.25) is 0 Å². The second-order valence-corrected chi connectivity index (χ2v) is 8.61. The third-order valence-corrected chi connectivity index (χ3v) is 3.10. The molecule has 6 heteroatoms. The number of hydrogen-bond acceptors (Lipinski definition) is 3. The molecule has 0 saturated carbocycles. The van der Waals surface area contributed by atoms with E-state index in [0.717, 1.165) is 0 Å². The summed E-state index contributed by atoms with van der Waals surface area (Å²) in [5, 5.41) is 26.3. The van der Waals surface area contributed by atoms with Crippen LogP contribution in [0, 0.1) is 20.8 Å². The van der Waals surface area contributed by atoms with Gasteiger partial charge in [-0.3, -0.25) is 0 Å². The first-order chi connectivity index (χ1) is 12.8. The molecule has 0 spiro atoms. The van der Waals surface area contributed by atoms with Crippen molar-refractivity contribution in [3.63, 3.8) is 0 Å². The van der Waals surface area contributed by atoms with E-state index in [2.05, 4.69) is 0 Å². The number of aromatic hydroxyl groups is 3. The maximum absolute atomic E-state index is 8.76. The zero-order chi connectivity index (χ0) is 20.7. The Labute approximate surface area is 177 Å². The van der Waals surface area contributed by atoms with E-state index in [0.29, 0.717) is 17.2 Å². The molecule has 0 radical (unpaired) electrons. The molecule has 3 aromatic rings. The van der Waals surface area contributed by atoms with Crippen molar-refractivity contribution in [3.05, 3.63) is 89.5 Å². The summed E-state index contributed by atoms with van der Waals surface area (Å²) in [4.78, 5) is 0. The summed E-state index contributed by atoms with van der Waals surface area (Å²) in [6.45, 7) is 5.96. The van der Waals surface area contributed by atoms with Crippen molar-refractivity contribution < 1.29 is 31.8 Å². The molecule has 0 aliphatic carbocycles. The fourth-order valence-corrected chi connectivity index (χ4v) is 1.63. The molecule has 0 aromatic heterocycles. The number of phenols is 3. The van der Waals surface area contributed by atoms with Crippen molar-refractivity contribution in [2.24, 2.45) is 0 Å². The Bertz CT molecular complexity index is 564. The molecule has 0 amide bonds. The molecule has 0 atom stereocenters. The van der Waals surface area contributed by atoms with Crippen LogP contribution in [0.1, 0.15) is 16.7 Å². The average Bonchev–Trinajstić information content (AvgIpc) is 2.64. The van der Waals surface area contributed by atoms with Crippen LogP contribution in [-0.2, 0) is 16.5 Å². The molecule has 3 aromatic carbocycles. The molecule has 0 unspecified atom stereocenters. The van der Waals surface area contributed by atoms with Gasteiger partial charge in [0, 0.05) is 0 Å². The molecule has 3 nitrogen and oxygen atoms in total. The maximum atomic E-state index is 8.76. The first kappa shape index (κ1) is 25.3. The molecule has 0 bridgehead atoms. The van der Waals surface area contributed by atoms with Gasteiger partial charge in [-0.15, -0.1) is 0 Å². The summed E-state index contributed by atoms with van der Waals surface area (Å²) < 4.78 is 0. The van der Waals surface area contributed by atoms with Crippen LogP contribution in [-0.4, -0.2) is 15.3 Å². The number of rotatable bonds is 0. The van der Waals surface area contributed by atoms with Crippen molar-refractivity contribution in [2.75, 3.05) is 0 Å². The topological polar surface area (TPSA) is 60.7 Å². The van der Waals surface area contributed by atoms with Gasteiger partial charge in [0.05, 0.1) is 0 Å². The monoisotopic (exact) mass is 492 g/mol. The van der Waals surface area contributed by atoms with Gasteiger partial charge in [-0.05, 0) is 57.2 Å². The number of benzene rings is 3. The summed E-state index contributed by atoms with van der Waals surface area (Å²) in [5.74, 6) is 0.988. The minimum absolute atomic E-state index is 0.329. The molecule has 0 aliphatic heterocycles. The third-order valence-electron chi connectivity index (χ3n) is 3.10. The van der Waals surface area contributed by atoms with E-state index in [1.165, 1.54) is 16.7 Å². The van der Waals surface area contributed by atoms with Gasteiger partial charge >= 0.3 is 35.3 Å². The van der Waals surface area contributed by atoms with E-state index in [1.807, 2.05) is 57.2 Å². The number of hydrogen-bond donors (Lipinski definition) is 3. The predicted octanol–water partition coefficient (Wildman–Crippen LogP) is 6.48. The number of aryl methyl sites for hydroxylation is 3. The van der Waals surface area contributed by atoms with E-state index in [-0.39, 0.29) is 0 Å². The van der Waals surface area contributed by atoms with Crippen molar-refractivity contribution in [3.8, 4) is 17.2 Å². The van der Waals surface area contributed by atoms with Crippen molar-refractivity contribution in [1.29, 1.82) is 0 Å². The van der Waals surface area contributed by atoms with Crippen LogP contribution in [0.2, 0.25) is 0 Å². The van der Waals surface area contributed by atoms with Crippen LogP contribution < -0.4 is 0 Å². The molecule has 0 fully saturated rings. The Morgan fingerprint density at radius 3 is 0.741 bits per heavy atom. The Morgan fingerprint density at radius 1 is 0.481 bits per heavy atom. The van der Waals surface area contributed by atoms with Gasteiger partial charge in [0.25, 0.3) is 0 Å². The second kappa shape index (κ2) is 15.4. The van der Waals surface area contributed by atoms with Crippen LogP contribution in [0.25, 0.3) is 0 Å². The quantitative estimate of drug-likeness (QED) is 0.316. The zero-order valence-electron chi connectivity index (χ0n) is 15.4. The summed E-state index contributed by atoms with van der Waals surface area (Å²) >= 11 is -0.586. The molecule has 27 heavy (non-hydrogen) atoms. The number of phenolic OH excluding ortho intramolecular Hbond substituents is 3. The fourth-order valence-electron chi connectivity index (χ4n) is 1.63. The van der Waals surface area contributed by atoms with Crippen molar-refractivity contribution >= 4 is 18.8 Å². The summed E-state index contributed by atoms with van der Waals surface area (Å²) in [7, 11) is 9.79. The van der Waals surface area contributed by atoms with E-state index in [1.54, 1.807) is 36.4 Å².